The molecule has 1 unspecified atom stereocenters. The van der Waals surface area contributed by atoms with Crippen LogP contribution in [0.2, 0.25) is 0 Å². The van der Waals surface area contributed by atoms with Crippen LogP contribution in [0.3, 0.4) is 0 Å². The van der Waals surface area contributed by atoms with E-state index in [4.69, 9.17) is 0 Å². The molecule has 0 saturated carbocycles. The van der Waals surface area contributed by atoms with Gasteiger partial charge in [0.15, 0.2) is 0 Å². The lowest BCUT2D eigenvalue weighted by molar-refractivity contribution is 0.557. The van der Waals surface area contributed by atoms with Gasteiger partial charge in [-0.15, -0.1) is 0 Å². The number of halogens is 2. The van der Waals surface area contributed by atoms with Gasteiger partial charge in [-0.3, -0.25) is 4.68 Å². The molecule has 0 aliphatic heterocycles. The summed E-state index contributed by atoms with van der Waals surface area (Å²) in [5.74, 6) is 0. The fourth-order valence-corrected chi connectivity index (χ4v) is 3.76. The number of likely N-dealkylation sites (N-methyl/N-ethyl adjacent to an activating group) is 1. The lowest BCUT2D eigenvalue weighted by Crippen LogP contribution is -2.21. The Bertz CT molecular complexity index is 635. The van der Waals surface area contributed by atoms with Gasteiger partial charge in [0.1, 0.15) is 0 Å². The van der Waals surface area contributed by atoms with Crippen molar-refractivity contribution in [2.45, 2.75) is 32.7 Å². The molecule has 21 heavy (non-hydrogen) atoms. The molecule has 1 heterocycles. The van der Waals surface area contributed by atoms with Crippen molar-refractivity contribution in [1.29, 1.82) is 0 Å². The van der Waals surface area contributed by atoms with Crippen LogP contribution in [0.25, 0.3) is 0 Å². The van der Waals surface area contributed by atoms with Crippen LogP contribution in [0, 0.1) is 6.92 Å². The van der Waals surface area contributed by atoms with Crippen LogP contribution < -0.4 is 5.32 Å². The van der Waals surface area contributed by atoms with E-state index in [0.29, 0.717) is 0 Å². The van der Waals surface area contributed by atoms with Gasteiger partial charge in [0.2, 0.25) is 0 Å². The van der Waals surface area contributed by atoms with E-state index in [-0.39, 0.29) is 6.04 Å². The third kappa shape index (κ3) is 3.41. The summed E-state index contributed by atoms with van der Waals surface area (Å²) >= 11 is 7.32. The largest absolute Gasteiger partial charge is 0.313 e. The standard InChI is InChI=1S/C16H21Br2N3/c1-5-13-16(18)15(21(4)20-13)9-14(19-3)11-7-6-8-12(17)10(11)2/h6-8,14,19H,5,9H2,1-4H3. The average Bonchev–Trinajstić information content (AvgIpc) is 2.74. The zero-order valence-electron chi connectivity index (χ0n) is 12.9. The number of benzene rings is 1. The van der Waals surface area contributed by atoms with Gasteiger partial charge in [-0.05, 0) is 53.5 Å². The van der Waals surface area contributed by atoms with E-state index < -0.39 is 0 Å². The molecular weight excluding hydrogens is 394 g/mol. The summed E-state index contributed by atoms with van der Waals surface area (Å²) in [7, 11) is 4.02. The van der Waals surface area contributed by atoms with Crippen LogP contribution in [0.1, 0.15) is 35.5 Å². The first-order valence-corrected chi connectivity index (χ1v) is 8.70. The van der Waals surface area contributed by atoms with E-state index in [0.717, 1.165) is 27.5 Å². The Morgan fingerprint density at radius 3 is 2.62 bits per heavy atom. The molecule has 1 aromatic heterocycles. The van der Waals surface area contributed by atoms with Crippen molar-refractivity contribution in [2.75, 3.05) is 7.05 Å². The number of aryl methyl sites for hydroxylation is 2. The molecule has 2 rings (SSSR count). The highest BCUT2D eigenvalue weighted by Crippen LogP contribution is 2.30. The second kappa shape index (κ2) is 7.07. The summed E-state index contributed by atoms with van der Waals surface area (Å²) in [4.78, 5) is 0. The molecule has 114 valence electrons. The highest BCUT2D eigenvalue weighted by Gasteiger charge is 2.19. The second-order valence-electron chi connectivity index (χ2n) is 5.18. The Morgan fingerprint density at radius 1 is 1.33 bits per heavy atom. The van der Waals surface area contributed by atoms with Crippen molar-refractivity contribution in [2.24, 2.45) is 7.05 Å². The Morgan fingerprint density at radius 2 is 2.05 bits per heavy atom. The molecule has 0 spiro atoms. The van der Waals surface area contributed by atoms with Crippen LogP contribution in [0.5, 0.6) is 0 Å². The molecule has 1 atom stereocenters. The van der Waals surface area contributed by atoms with Gasteiger partial charge in [0, 0.05) is 24.0 Å². The normalized spacial score (nSPS) is 12.7. The minimum Gasteiger partial charge on any atom is -0.313 e. The molecule has 1 aromatic carbocycles. The van der Waals surface area contributed by atoms with E-state index >= 15 is 0 Å². The van der Waals surface area contributed by atoms with Crippen LogP contribution >= 0.6 is 31.9 Å². The fourth-order valence-electron chi connectivity index (χ4n) is 2.60. The second-order valence-corrected chi connectivity index (χ2v) is 6.83. The first kappa shape index (κ1) is 16.7. The summed E-state index contributed by atoms with van der Waals surface area (Å²) in [5.41, 5.74) is 4.95. The smallest absolute Gasteiger partial charge is 0.0766 e. The maximum absolute atomic E-state index is 4.58. The number of hydrogen-bond acceptors (Lipinski definition) is 2. The third-order valence-corrected chi connectivity index (χ3v) is 5.71. The maximum Gasteiger partial charge on any atom is 0.0766 e. The summed E-state index contributed by atoms with van der Waals surface area (Å²) in [6, 6.07) is 6.62. The molecule has 0 aliphatic carbocycles. The van der Waals surface area contributed by atoms with Crippen LogP contribution in [0.15, 0.2) is 27.1 Å². The predicted octanol–water partition coefficient (Wildman–Crippen LogP) is 4.32. The fraction of sp³-hybridized carbons (Fsp3) is 0.438. The van der Waals surface area contributed by atoms with Crippen LogP contribution in [0.4, 0.5) is 0 Å². The summed E-state index contributed by atoms with van der Waals surface area (Å²) in [5, 5.41) is 8.02. The van der Waals surface area contributed by atoms with E-state index in [1.165, 1.54) is 16.8 Å². The van der Waals surface area contributed by atoms with Gasteiger partial charge >= 0.3 is 0 Å². The van der Waals surface area contributed by atoms with Gasteiger partial charge < -0.3 is 5.32 Å². The summed E-state index contributed by atoms with van der Waals surface area (Å²) in [6.45, 7) is 4.28. The number of hydrogen-bond donors (Lipinski definition) is 1. The van der Waals surface area contributed by atoms with Crippen molar-refractivity contribution >= 4 is 31.9 Å². The van der Waals surface area contributed by atoms with Crippen molar-refractivity contribution in [3.8, 4) is 0 Å². The Balaban J connectivity index is 2.36. The Kier molecular flexibility index (Phi) is 5.63. The van der Waals surface area contributed by atoms with E-state index in [1.54, 1.807) is 0 Å². The molecule has 0 amide bonds. The zero-order valence-corrected chi connectivity index (χ0v) is 16.0. The number of aromatic nitrogens is 2. The van der Waals surface area contributed by atoms with Gasteiger partial charge in [-0.25, -0.2) is 0 Å². The quantitative estimate of drug-likeness (QED) is 0.789. The minimum atomic E-state index is 0.263. The third-order valence-electron chi connectivity index (χ3n) is 3.93. The monoisotopic (exact) mass is 413 g/mol. The highest BCUT2D eigenvalue weighted by molar-refractivity contribution is 9.10. The van der Waals surface area contributed by atoms with Gasteiger partial charge in [-0.1, -0.05) is 35.0 Å². The Labute approximate surface area is 143 Å². The lowest BCUT2D eigenvalue weighted by atomic mass is 9.97. The molecular formula is C16H21Br2N3. The number of rotatable bonds is 5. The van der Waals surface area contributed by atoms with E-state index in [1.807, 2.05) is 18.8 Å². The van der Waals surface area contributed by atoms with E-state index in [2.05, 4.69) is 74.3 Å². The van der Waals surface area contributed by atoms with Crippen molar-refractivity contribution in [1.82, 2.24) is 15.1 Å². The molecule has 5 heteroatoms. The number of nitrogens with zero attached hydrogens (tertiary/aromatic N) is 2. The molecule has 0 aliphatic rings. The molecule has 0 saturated heterocycles. The van der Waals surface area contributed by atoms with Crippen LogP contribution in [-0.2, 0) is 19.9 Å². The first-order chi connectivity index (χ1) is 9.99. The van der Waals surface area contributed by atoms with Gasteiger partial charge in [0.25, 0.3) is 0 Å². The summed E-state index contributed by atoms with van der Waals surface area (Å²) in [6.07, 6.45) is 1.84. The number of nitrogens with one attached hydrogen (secondary N) is 1. The molecule has 1 N–H and O–H groups in total. The lowest BCUT2D eigenvalue weighted by Gasteiger charge is -2.20. The average molecular weight is 415 g/mol. The van der Waals surface area contributed by atoms with Crippen molar-refractivity contribution in [3.63, 3.8) is 0 Å². The highest BCUT2D eigenvalue weighted by atomic mass is 79.9. The molecule has 2 aromatic rings. The predicted molar refractivity (Wildman–Crippen MR) is 94.7 cm³/mol. The van der Waals surface area contributed by atoms with Gasteiger partial charge in [-0.2, -0.15) is 5.10 Å². The van der Waals surface area contributed by atoms with Crippen LogP contribution in [-0.4, -0.2) is 16.8 Å². The van der Waals surface area contributed by atoms with Gasteiger partial charge in [0.05, 0.1) is 15.9 Å². The molecule has 0 radical (unpaired) electrons. The summed E-state index contributed by atoms with van der Waals surface area (Å²) < 4.78 is 4.28. The topological polar surface area (TPSA) is 29.9 Å². The maximum atomic E-state index is 4.58. The first-order valence-electron chi connectivity index (χ1n) is 7.12. The molecule has 3 nitrogen and oxygen atoms in total. The Hall–Kier alpha value is -0.650. The SMILES string of the molecule is CCc1nn(C)c(CC(NC)c2cccc(Br)c2C)c1Br. The van der Waals surface area contributed by atoms with E-state index in [9.17, 15) is 0 Å². The minimum absolute atomic E-state index is 0.263. The molecule has 0 fully saturated rings. The molecule has 0 bridgehead atoms. The van der Waals surface area contributed by atoms with Crippen molar-refractivity contribution < 1.29 is 0 Å². The zero-order chi connectivity index (χ0) is 15.6. The van der Waals surface area contributed by atoms with Crippen molar-refractivity contribution in [3.05, 3.63) is 49.7 Å².